The summed E-state index contributed by atoms with van der Waals surface area (Å²) in [6, 6.07) is 7.63. The minimum absolute atomic E-state index is 0.193. The second kappa shape index (κ2) is 6.81. The molecule has 4 nitrogen and oxygen atoms in total. The van der Waals surface area contributed by atoms with Crippen LogP contribution in [0.3, 0.4) is 0 Å². The third-order valence-corrected chi connectivity index (χ3v) is 2.94. The number of ether oxygens (including phenoxy) is 1. The molecule has 18 heavy (non-hydrogen) atoms. The lowest BCUT2D eigenvalue weighted by Crippen LogP contribution is -3.12. The van der Waals surface area contributed by atoms with E-state index in [2.05, 4.69) is 6.58 Å². The van der Waals surface area contributed by atoms with Crippen molar-refractivity contribution in [2.24, 2.45) is 5.73 Å². The first-order valence-corrected chi connectivity index (χ1v) is 5.99. The number of carbonyl (C=O) groups is 1. The van der Waals surface area contributed by atoms with Crippen molar-refractivity contribution < 1.29 is 14.4 Å². The predicted molar refractivity (Wildman–Crippen MR) is 71.4 cm³/mol. The topological polar surface area (TPSA) is 56.8 Å². The van der Waals surface area contributed by atoms with Crippen LogP contribution in [0.1, 0.15) is 12.5 Å². The van der Waals surface area contributed by atoms with Crippen molar-refractivity contribution in [2.45, 2.75) is 19.5 Å². The third kappa shape index (κ3) is 4.22. The summed E-state index contributed by atoms with van der Waals surface area (Å²) in [5.74, 6) is 0.540. The average molecular weight is 249 g/mol. The summed E-state index contributed by atoms with van der Waals surface area (Å²) in [6.45, 7) is 6.69. The number of hydrogen-bond acceptors (Lipinski definition) is 2. The normalized spacial score (nSPS) is 13.7. The predicted octanol–water partition coefficient (Wildman–Crippen LogP) is 0.140. The number of nitrogens with two attached hydrogens (primary N) is 1. The van der Waals surface area contributed by atoms with Crippen LogP contribution in [0.5, 0.6) is 5.75 Å². The third-order valence-electron chi connectivity index (χ3n) is 2.94. The van der Waals surface area contributed by atoms with E-state index in [-0.39, 0.29) is 11.9 Å². The Labute approximate surface area is 108 Å². The van der Waals surface area contributed by atoms with E-state index in [1.54, 1.807) is 6.08 Å². The molecule has 0 aliphatic carbocycles. The number of likely N-dealkylation sites (N-methyl/N-ethyl adjacent to an activating group) is 1. The highest BCUT2D eigenvalue weighted by molar-refractivity contribution is 5.77. The zero-order valence-electron chi connectivity index (χ0n) is 11.0. The number of quaternary nitrogens is 1. The Kier molecular flexibility index (Phi) is 5.39. The van der Waals surface area contributed by atoms with Gasteiger partial charge in [0.25, 0.3) is 5.91 Å². The molecule has 0 spiro atoms. The van der Waals surface area contributed by atoms with Gasteiger partial charge in [0, 0.05) is 5.56 Å². The van der Waals surface area contributed by atoms with Crippen LogP contribution in [0.4, 0.5) is 0 Å². The van der Waals surface area contributed by atoms with E-state index < -0.39 is 0 Å². The molecule has 2 atom stereocenters. The van der Waals surface area contributed by atoms with E-state index >= 15 is 0 Å². The first kappa shape index (κ1) is 14.3. The molecular weight excluding hydrogens is 228 g/mol. The average Bonchev–Trinajstić information content (AvgIpc) is 2.36. The second-order valence-electron chi connectivity index (χ2n) is 4.39. The van der Waals surface area contributed by atoms with Gasteiger partial charge >= 0.3 is 0 Å². The Morgan fingerprint density at radius 2 is 2.11 bits per heavy atom. The molecule has 0 aliphatic heterocycles. The highest BCUT2D eigenvalue weighted by Crippen LogP contribution is 2.11. The summed E-state index contributed by atoms with van der Waals surface area (Å²) in [5.41, 5.74) is 6.43. The first-order valence-electron chi connectivity index (χ1n) is 5.99. The van der Waals surface area contributed by atoms with Crippen LogP contribution in [0.25, 0.3) is 0 Å². The molecular formula is C14H21N2O2+. The Morgan fingerprint density at radius 1 is 1.50 bits per heavy atom. The quantitative estimate of drug-likeness (QED) is 0.675. The van der Waals surface area contributed by atoms with E-state index in [4.69, 9.17) is 10.5 Å². The van der Waals surface area contributed by atoms with Crippen molar-refractivity contribution in [3.05, 3.63) is 42.5 Å². The van der Waals surface area contributed by atoms with Gasteiger partial charge in [-0.15, -0.1) is 0 Å². The molecule has 0 radical (unpaired) electrons. The molecule has 0 aromatic heterocycles. The summed E-state index contributed by atoms with van der Waals surface area (Å²) < 4.78 is 5.40. The van der Waals surface area contributed by atoms with Crippen molar-refractivity contribution in [2.75, 3.05) is 13.7 Å². The van der Waals surface area contributed by atoms with Gasteiger partial charge < -0.3 is 15.4 Å². The molecule has 1 unspecified atom stereocenters. The monoisotopic (exact) mass is 249 g/mol. The summed E-state index contributed by atoms with van der Waals surface area (Å²) in [7, 11) is 1.96. The minimum atomic E-state index is -0.279. The van der Waals surface area contributed by atoms with Crippen LogP contribution < -0.4 is 15.4 Å². The fourth-order valence-electron chi connectivity index (χ4n) is 1.58. The SMILES string of the molecule is C=CCOc1ccc(C[NH+](C)[C@@H](C)C(N)=O)cc1. The molecule has 0 saturated heterocycles. The van der Waals surface area contributed by atoms with Gasteiger partial charge in [-0.05, 0) is 31.2 Å². The molecule has 1 aromatic carbocycles. The van der Waals surface area contributed by atoms with Crippen LogP contribution in [0.2, 0.25) is 0 Å². The molecule has 0 bridgehead atoms. The number of amides is 1. The Bertz CT molecular complexity index is 401. The van der Waals surface area contributed by atoms with Gasteiger partial charge in [-0.2, -0.15) is 0 Å². The number of primary amides is 1. The largest absolute Gasteiger partial charge is 0.490 e. The summed E-state index contributed by atoms with van der Waals surface area (Å²) in [4.78, 5) is 12.1. The Hall–Kier alpha value is -1.81. The van der Waals surface area contributed by atoms with Crippen molar-refractivity contribution in [3.8, 4) is 5.75 Å². The maximum Gasteiger partial charge on any atom is 0.275 e. The number of nitrogens with one attached hydrogen (secondary N) is 1. The van der Waals surface area contributed by atoms with E-state index in [0.717, 1.165) is 22.8 Å². The Balaban J connectivity index is 2.57. The standard InChI is InChI=1S/C14H20N2O2/c1-4-9-18-13-7-5-12(6-8-13)10-16(3)11(2)14(15)17/h4-8,11H,1,9-10H2,2-3H3,(H2,15,17)/p+1/t11-/m0/s1. The lowest BCUT2D eigenvalue weighted by molar-refractivity contribution is -0.908. The summed E-state index contributed by atoms with van der Waals surface area (Å²) >= 11 is 0. The van der Waals surface area contributed by atoms with Gasteiger partial charge in [-0.3, -0.25) is 4.79 Å². The minimum Gasteiger partial charge on any atom is -0.490 e. The zero-order valence-corrected chi connectivity index (χ0v) is 11.0. The van der Waals surface area contributed by atoms with E-state index in [1.807, 2.05) is 38.2 Å². The molecule has 1 amide bonds. The van der Waals surface area contributed by atoms with Gasteiger partial charge in [-0.25, -0.2) is 0 Å². The van der Waals surface area contributed by atoms with Crippen LogP contribution in [-0.2, 0) is 11.3 Å². The van der Waals surface area contributed by atoms with Crippen LogP contribution in [-0.4, -0.2) is 25.6 Å². The lowest BCUT2D eigenvalue weighted by Gasteiger charge is -2.19. The molecule has 1 rings (SSSR count). The van der Waals surface area contributed by atoms with Gasteiger partial charge in [0.1, 0.15) is 18.9 Å². The van der Waals surface area contributed by atoms with Gasteiger partial charge in [-0.1, -0.05) is 12.7 Å². The zero-order chi connectivity index (χ0) is 13.5. The molecule has 0 aliphatic rings. The molecule has 1 aromatic rings. The fraction of sp³-hybridized carbons (Fsp3) is 0.357. The molecule has 0 saturated carbocycles. The van der Waals surface area contributed by atoms with Crippen molar-refractivity contribution >= 4 is 5.91 Å². The van der Waals surface area contributed by atoms with Crippen molar-refractivity contribution in [3.63, 3.8) is 0 Å². The van der Waals surface area contributed by atoms with Gasteiger partial charge in [0.15, 0.2) is 6.04 Å². The van der Waals surface area contributed by atoms with Gasteiger partial charge in [0.2, 0.25) is 0 Å². The fourth-order valence-corrected chi connectivity index (χ4v) is 1.58. The maximum atomic E-state index is 11.1. The highest BCUT2D eigenvalue weighted by atomic mass is 16.5. The summed E-state index contributed by atoms with van der Waals surface area (Å²) in [6.07, 6.45) is 1.71. The second-order valence-corrected chi connectivity index (χ2v) is 4.39. The number of hydrogen-bond donors (Lipinski definition) is 2. The van der Waals surface area contributed by atoms with E-state index in [0.29, 0.717) is 6.61 Å². The molecule has 0 fully saturated rings. The Morgan fingerprint density at radius 3 is 2.61 bits per heavy atom. The maximum absolute atomic E-state index is 11.1. The molecule has 3 N–H and O–H groups in total. The smallest absolute Gasteiger partial charge is 0.275 e. The molecule has 0 heterocycles. The lowest BCUT2D eigenvalue weighted by atomic mass is 10.2. The molecule has 98 valence electrons. The number of carbonyl (C=O) groups excluding carboxylic acids is 1. The van der Waals surface area contributed by atoms with Crippen LogP contribution in [0.15, 0.2) is 36.9 Å². The number of benzene rings is 1. The van der Waals surface area contributed by atoms with E-state index in [9.17, 15) is 4.79 Å². The number of rotatable bonds is 7. The molecule has 4 heteroatoms. The van der Waals surface area contributed by atoms with Gasteiger partial charge in [0.05, 0.1) is 7.05 Å². The van der Waals surface area contributed by atoms with Crippen molar-refractivity contribution in [1.82, 2.24) is 0 Å². The van der Waals surface area contributed by atoms with Crippen LogP contribution in [0, 0.1) is 0 Å². The highest BCUT2D eigenvalue weighted by Gasteiger charge is 2.18. The first-order chi connectivity index (χ1) is 8.54. The van der Waals surface area contributed by atoms with Crippen molar-refractivity contribution in [1.29, 1.82) is 0 Å². The summed E-state index contributed by atoms with van der Waals surface area (Å²) in [5, 5.41) is 0. The van der Waals surface area contributed by atoms with E-state index in [1.165, 1.54) is 0 Å². The van der Waals surface area contributed by atoms with Crippen LogP contribution >= 0.6 is 0 Å².